The van der Waals surface area contributed by atoms with Gasteiger partial charge in [0.2, 0.25) is 0 Å². The van der Waals surface area contributed by atoms with Gasteiger partial charge in [0.05, 0.1) is 0 Å². The molecular weight excluding hydrogens is 168 g/mol. The number of hydrogen-bond donors (Lipinski definition) is 1. The third-order valence-corrected chi connectivity index (χ3v) is 2.02. The Morgan fingerprint density at radius 2 is 2.15 bits per heavy atom. The maximum atomic E-state index is 10.3. The normalized spacial score (nSPS) is 16.5. The van der Waals surface area contributed by atoms with Crippen molar-refractivity contribution in [3.05, 3.63) is 0 Å². The van der Waals surface area contributed by atoms with Crippen LogP contribution in [0, 0.1) is 12.3 Å². The van der Waals surface area contributed by atoms with Crippen molar-refractivity contribution in [2.75, 3.05) is 0 Å². The van der Waals surface area contributed by atoms with E-state index in [9.17, 15) is 4.79 Å². The minimum absolute atomic E-state index is 0.128. The highest BCUT2D eigenvalue weighted by Crippen LogP contribution is 2.37. The smallest absolute Gasteiger partial charge is 0.303 e. The fraction of sp³-hybridized carbons (Fsp3) is 0.667. The fourth-order valence-corrected chi connectivity index (χ4v) is 1.18. The quantitative estimate of drug-likeness (QED) is 0.500. The maximum Gasteiger partial charge on any atom is 0.303 e. The number of terminal acetylenes is 1. The Morgan fingerprint density at radius 1 is 1.46 bits per heavy atom. The molecule has 0 aromatic carbocycles. The minimum atomic E-state index is -0.798. The van der Waals surface area contributed by atoms with Gasteiger partial charge in [-0.05, 0) is 12.8 Å². The molecule has 4 nitrogen and oxygen atoms in total. The monoisotopic (exact) mass is 180 g/mol. The van der Waals surface area contributed by atoms with Crippen molar-refractivity contribution in [3.63, 3.8) is 0 Å². The molecule has 0 aliphatic carbocycles. The van der Waals surface area contributed by atoms with Gasteiger partial charge in [-0.25, -0.2) is 0 Å². The van der Waals surface area contributed by atoms with E-state index in [4.69, 9.17) is 11.5 Å². The van der Waals surface area contributed by atoms with Gasteiger partial charge < -0.3 is 5.11 Å². The van der Waals surface area contributed by atoms with Gasteiger partial charge in [-0.3, -0.25) is 4.79 Å². The van der Waals surface area contributed by atoms with E-state index in [0.29, 0.717) is 12.8 Å². The SMILES string of the molecule is C#CCCCC1(CCC(=O)O)N=N1. The summed E-state index contributed by atoms with van der Waals surface area (Å²) in [6.45, 7) is 0. The Labute approximate surface area is 77.1 Å². The minimum Gasteiger partial charge on any atom is -0.481 e. The molecule has 0 saturated carbocycles. The zero-order valence-electron chi connectivity index (χ0n) is 7.36. The molecule has 0 bridgehead atoms. The molecule has 4 heteroatoms. The molecule has 0 atom stereocenters. The Bertz CT molecular complexity index is 259. The second kappa shape index (κ2) is 4.04. The van der Waals surface area contributed by atoms with E-state index >= 15 is 0 Å². The summed E-state index contributed by atoms with van der Waals surface area (Å²) in [7, 11) is 0. The second-order valence-electron chi connectivity index (χ2n) is 3.13. The van der Waals surface area contributed by atoms with Gasteiger partial charge in [-0.15, -0.1) is 12.3 Å². The van der Waals surface area contributed by atoms with Crippen molar-refractivity contribution < 1.29 is 9.90 Å². The van der Waals surface area contributed by atoms with Gasteiger partial charge in [0.15, 0.2) is 5.66 Å². The van der Waals surface area contributed by atoms with Crippen molar-refractivity contribution in [1.82, 2.24) is 0 Å². The summed E-state index contributed by atoms with van der Waals surface area (Å²) in [5.41, 5.74) is -0.394. The fourth-order valence-electron chi connectivity index (χ4n) is 1.18. The van der Waals surface area contributed by atoms with Gasteiger partial charge in [0, 0.05) is 19.3 Å². The van der Waals surface area contributed by atoms with Crippen LogP contribution in [0.5, 0.6) is 0 Å². The predicted octanol–water partition coefficient (Wildman–Crippen LogP) is 1.82. The first-order valence-electron chi connectivity index (χ1n) is 4.28. The number of nitrogens with zero attached hydrogens (tertiary/aromatic N) is 2. The van der Waals surface area contributed by atoms with Crippen LogP contribution in [0.1, 0.15) is 32.1 Å². The van der Waals surface area contributed by atoms with Crippen LogP contribution in [-0.2, 0) is 4.79 Å². The van der Waals surface area contributed by atoms with Crippen molar-refractivity contribution in [2.45, 2.75) is 37.8 Å². The highest BCUT2D eigenvalue weighted by molar-refractivity contribution is 5.66. The number of carbonyl (C=O) groups is 1. The number of rotatable bonds is 6. The first kappa shape index (κ1) is 9.72. The molecule has 0 saturated heterocycles. The topological polar surface area (TPSA) is 62.0 Å². The number of carboxylic acid groups (broad SMARTS) is 1. The van der Waals surface area contributed by atoms with Crippen molar-refractivity contribution >= 4 is 5.97 Å². The van der Waals surface area contributed by atoms with Crippen LogP contribution in [0.2, 0.25) is 0 Å². The Balaban J connectivity index is 2.16. The van der Waals surface area contributed by atoms with Crippen LogP contribution in [0.15, 0.2) is 10.2 Å². The van der Waals surface area contributed by atoms with Crippen molar-refractivity contribution in [1.29, 1.82) is 0 Å². The molecule has 1 aliphatic rings. The lowest BCUT2D eigenvalue weighted by Crippen LogP contribution is -2.12. The molecule has 13 heavy (non-hydrogen) atoms. The first-order valence-corrected chi connectivity index (χ1v) is 4.28. The van der Waals surface area contributed by atoms with E-state index in [1.807, 2.05) is 0 Å². The summed E-state index contributed by atoms with van der Waals surface area (Å²) in [4.78, 5) is 10.3. The van der Waals surface area contributed by atoms with E-state index in [-0.39, 0.29) is 6.42 Å². The van der Waals surface area contributed by atoms with Gasteiger partial charge in [-0.1, -0.05) is 0 Å². The second-order valence-corrected chi connectivity index (χ2v) is 3.13. The third-order valence-electron chi connectivity index (χ3n) is 2.02. The van der Waals surface area contributed by atoms with Crippen LogP contribution in [0.3, 0.4) is 0 Å². The lowest BCUT2D eigenvalue weighted by atomic mass is 10.0. The summed E-state index contributed by atoms with van der Waals surface area (Å²) < 4.78 is 0. The first-order chi connectivity index (χ1) is 6.18. The molecule has 0 spiro atoms. The Kier molecular flexibility index (Phi) is 3.02. The Hall–Kier alpha value is -1.37. The summed E-state index contributed by atoms with van der Waals surface area (Å²) in [5.74, 6) is 1.74. The lowest BCUT2D eigenvalue weighted by molar-refractivity contribution is -0.137. The molecule has 1 aliphatic heterocycles. The van der Waals surface area contributed by atoms with E-state index in [1.54, 1.807) is 0 Å². The molecule has 1 N–H and O–H groups in total. The van der Waals surface area contributed by atoms with E-state index < -0.39 is 11.6 Å². The van der Waals surface area contributed by atoms with Gasteiger partial charge in [-0.2, -0.15) is 10.2 Å². The van der Waals surface area contributed by atoms with E-state index in [0.717, 1.165) is 12.8 Å². The average molecular weight is 180 g/mol. The van der Waals surface area contributed by atoms with Crippen LogP contribution < -0.4 is 0 Å². The molecule has 0 aromatic rings. The number of aliphatic carboxylic acids is 1. The maximum absolute atomic E-state index is 10.3. The molecule has 0 radical (unpaired) electrons. The van der Waals surface area contributed by atoms with Gasteiger partial charge in [0.25, 0.3) is 0 Å². The molecular formula is C9H12N2O2. The zero-order chi connectivity index (χ0) is 9.73. The molecule has 1 heterocycles. The van der Waals surface area contributed by atoms with E-state index in [1.165, 1.54) is 0 Å². The molecule has 70 valence electrons. The van der Waals surface area contributed by atoms with Gasteiger partial charge in [0.1, 0.15) is 0 Å². The van der Waals surface area contributed by atoms with Crippen LogP contribution >= 0.6 is 0 Å². The summed E-state index contributed by atoms with van der Waals surface area (Å²) in [5, 5.41) is 16.2. The van der Waals surface area contributed by atoms with Crippen LogP contribution in [-0.4, -0.2) is 16.7 Å². The third kappa shape index (κ3) is 3.24. The number of unbranched alkanes of at least 4 members (excludes halogenated alkanes) is 1. The number of carboxylic acids is 1. The van der Waals surface area contributed by atoms with E-state index in [2.05, 4.69) is 16.1 Å². The highest BCUT2D eigenvalue weighted by atomic mass is 16.4. The molecule has 0 fully saturated rings. The van der Waals surface area contributed by atoms with Crippen molar-refractivity contribution in [3.8, 4) is 12.3 Å². The predicted molar refractivity (Wildman–Crippen MR) is 47.1 cm³/mol. The highest BCUT2D eigenvalue weighted by Gasteiger charge is 2.39. The summed E-state index contributed by atoms with van der Waals surface area (Å²) in [6.07, 6.45) is 8.08. The van der Waals surface area contributed by atoms with Gasteiger partial charge >= 0.3 is 5.97 Å². The summed E-state index contributed by atoms with van der Waals surface area (Å²) >= 11 is 0. The largest absolute Gasteiger partial charge is 0.481 e. The van der Waals surface area contributed by atoms with Crippen LogP contribution in [0.25, 0.3) is 0 Å². The molecule has 0 amide bonds. The summed E-state index contributed by atoms with van der Waals surface area (Å²) in [6, 6.07) is 0. The molecule has 0 unspecified atom stereocenters. The Morgan fingerprint density at radius 3 is 2.62 bits per heavy atom. The van der Waals surface area contributed by atoms with Crippen molar-refractivity contribution in [2.24, 2.45) is 10.2 Å². The molecule has 1 rings (SSSR count). The standard InChI is InChI=1S/C9H12N2O2/c1-2-3-4-6-9(10-11-9)7-5-8(12)13/h1H,3-7H2,(H,12,13). The average Bonchev–Trinajstić information content (AvgIpc) is 2.83. The lowest BCUT2D eigenvalue weighted by Gasteiger charge is -2.06. The zero-order valence-corrected chi connectivity index (χ0v) is 7.36. The molecule has 0 aromatic heterocycles. The number of hydrogen-bond acceptors (Lipinski definition) is 3. The van der Waals surface area contributed by atoms with Crippen LogP contribution in [0.4, 0.5) is 0 Å².